The summed E-state index contributed by atoms with van der Waals surface area (Å²) in [7, 11) is 1.52. The predicted molar refractivity (Wildman–Crippen MR) is 56.2 cm³/mol. The maximum atomic E-state index is 13.0. The van der Waals surface area contributed by atoms with Gasteiger partial charge in [0.25, 0.3) is 0 Å². The normalized spacial score (nSPS) is 12.5. The molecule has 0 aromatic heterocycles. The second-order valence-corrected chi connectivity index (χ2v) is 3.36. The lowest BCUT2D eigenvalue weighted by molar-refractivity contribution is 0.279. The van der Waals surface area contributed by atoms with Crippen LogP contribution in [0.3, 0.4) is 0 Å². The van der Waals surface area contributed by atoms with Crippen molar-refractivity contribution in [1.82, 2.24) is 0 Å². The molecule has 1 rings (SSSR count). The van der Waals surface area contributed by atoms with E-state index >= 15 is 0 Å². The number of aliphatic hydroxyl groups is 1. The van der Waals surface area contributed by atoms with Crippen LogP contribution in [0.25, 0.3) is 0 Å². The first-order valence-corrected chi connectivity index (χ1v) is 4.89. The molecule has 0 bridgehead atoms. The van der Waals surface area contributed by atoms with E-state index in [1.54, 1.807) is 6.07 Å². The quantitative estimate of drug-likeness (QED) is 0.781. The molecule has 0 radical (unpaired) electrons. The minimum Gasteiger partial charge on any atom is -0.496 e. The number of ether oxygens (including phenoxy) is 1. The summed E-state index contributed by atoms with van der Waals surface area (Å²) >= 11 is 0. The van der Waals surface area contributed by atoms with Gasteiger partial charge in [0, 0.05) is 18.2 Å². The number of benzene rings is 1. The molecule has 0 aliphatic heterocycles. The van der Waals surface area contributed by atoms with E-state index < -0.39 is 0 Å². The van der Waals surface area contributed by atoms with E-state index in [2.05, 4.69) is 0 Å². The number of nitrogens with two attached hydrogens (primary N) is 1. The highest BCUT2D eigenvalue weighted by Gasteiger charge is 2.12. The lowest BCUT2D eigenvalue weighted by atomic mass is 10.0. The summed E-state index contributed by atoms with van der Waals surface area (Å²) in [4.78, 5) is 0. The monoisotopic (exact) mass is 213 g/mol. The first-order chi connectivity index (χ1) is 7.19. The van der Waals surface area contributed by atoms with Gasteiger partial charge in [0.2, 0.25) is 0 Å². The van der Waals surface area contributed by atoms with E-state index in [-0.39, 0.29) is 18.5 Å². The SMILES string of the molecule is COc1ccc(F)cc1C(N)CCCO. The lowest BCUT2D eigenvalue weighted by Gasteiger charge is -2.15. The van der Waals surface area contributed by atoms with Crippen LogP contribution in [-0.2, 0) is 0 Å². The van der Waals surface area contributed by atoms with Crippen LogP contribution < -0.4 is 10.5 Å². The second-order valence-electron chi connectivity index (χ2n) is 3.36. The van der Waals surface area contributed by atoms with Crippen LogP contribution in [0.2, 0.25) is 0 Å². The van der Waals surface area contributed by atoms with Gasteiger partial charge in [0.15, 0.2) is 0 Å². The van der Waals surface area contributed by atoms with Crippen LogP contribution in [0.1, 0.15) is 24.4 Å². The standard InChI is InChI=1S/C11H16FNO2/c1-15-11-5-4-8(12)7-9(11)10(13)3-2-6-14/h4-5,7,10,14H,2-3,6,13H2,1H3. The van der Waals surface area contributed by atoms with Crippen molar-refractivity contribution >= 4 is 0 Å². The van der Waals surface area contributed by atoms with Crippen molar-refractivity contribution in [2.75, 3.05) is 13.7 Å². The fourth-order valence-corrected chi connectivity index (χ4v) is 1.46. The third-order valence-electron chi connectivity index (χ3n) is 2.26. The Balaban J connectivity index is 2.85. The number of rotatable bonds is 5. The van der Waals surface area contributed by atoms with Crippen molar-refractivity contribution in [3.05, 3.63) is 29.6 Å². The van der Waals surface area contributed by atoms with Crippen LogP contribution in [0, 0.1) is 5.82 Å². The van der Waals surface area contributed by atoms with Crippen molar-refractivity contribution in [2.24, 2.45) is 5.73 Å². The predicted octanol–water partition coefficient (Wildman–Crippen LogP) is 1.61. The minimum absolute atomic E-state index is 0.0886. The van der Waals surface area contributed by atoms with Crippen molar-refractivity contribution < 1.29 is 14.2 Å². The highest BCUT2D eigenvalue weighted by atomic mass is 19.1. The molecule has 4 heteroatoms. The maximum Gasteiger partial charge on any atom is 0.123 e. The molecule has 0 spiro atoms. The zero-order valence-corrected chi connectivity index (χ0v) is 8.74. The molecule has 1 aromatic carbocycles. The molecule has 0 aliphatic rings. The van der Waals surface area contributed by atoms with E-state index in [1.807, 2.05) is 0 Å². The molecule has 15 heavy (non-hydrogen) atoms. The van der Waals surface area contributed by atoms with Crippen molar-refractivity contribution in [3.63, 3.8) is 0 Å². The summed E-state index contributed by atoms with van der Waals surface area (Å²) in [6.07, 6.45) is 1.21. The Kier molecular flexibility index (Phi) is 4.52. The summed E-state index contributed by atoms with van der Waals surface area (Å²) in [5, 5.41) is 8.68. The molecule has 1 unspecified atom stereocenters. The van der Waals surface area contributed by atoms with Gasteiger partial charge in [-0.05, 0) is 31.0 Å². The number of aliphatic hydroxyl groups excluding tert-OH is 1. The van der Waals surface area contributed by atoms with E-state index in [9.17, 15) is 4.39 Å². The Morgan fingerprint density at radius 2 is 2.27 bits per heavy atom. The van der Waals surface area contributed by atoms with Gasteiger partial charge in [-0.15, -0.1) is 0 Å². The molecule has 0 heterocycles. The molecular formula is C11H16FNO2. The molecule has 0 amide bonds. The molecule has 0 fully saturated rings. The van der Waals surface area contributed by atoms with Crippen LogP contribution in [-0.4, -0.2) is 18.8 Å². The number of hydrogen-bond donors (Lipinski definition) is 2. The summed E-state index contributed by atoms with van der Waals surface area (Å²) < 4.78 is 18.1. The lowest BCUT2D eigenvalue weighted by Crippen LogP contribution is -2.12. The van der Waals surface area contributed by atoms with Crippen LogP contribution in [0.4, 0.5) is 4.39 Å². The topological polar surface area (TPSA) is 55.5 Å². The Labute approximate surface area is 88.7 Å². The van der Waals surface area contributed by atoms with E-state index in [0.717, 1.165) is 0 Å². The number of hydrogen-bond acceptors (Lipinski definition) is 3. The molecule has 3 nitrogen and oxygen atoms in total. The van der Waals surface area contributed by atoms with Gasteiger partial charge in [-0.2, -0.15) is 0 Å². The molecular weight excluding hydrogens is 197 g/mol. The fraction of sp³-hybridized carbons (Fsp3) is 0.455. The van der Waals surface area contributed by atoms with E-state index in [0.29, 0.717) is 24.2 Å². The average Bonchev–Trinajstić information content (AvgIpc) is 2.25. The molecule has 1 atom stereocenters. The molecule has 3 N–H and O–H groups in total. The van der Waals surface area contributed by atoms with E-state index in [4.69, 9.17) is 15.6 Å². The van der Waals surface area contributed by atoms with Gasteiger partial charge < -0.3 is 15.6 Å². The summed E-state index contributed by atoms with van der Waals surface area (Å²) in [5.41, 5.74) is 6.51. The zero-order chi connectivity index (χ0) is 11.3. The molecule has 1 aromatic rings. The van der Waals surface area contributed by atoms with Crippen molar-refractivity contribution in [1.29, 1.82) is 0 Å². The highest BCUT2D eigenvalue weighted by molar-refractivity contribution is 5.36. The number of halogens is 1. The van der Waals surface area contributed by atoms with Crippen LogP contribution in [0.15, 0.2) is 18.2 Å². The first-order valence-electron chi connectivity index (χ1n) is 4.89. The molecule has 84 valence electrons. The molecule has 0 aliphatic carbocycles. The average molecular weight is 213 g/mol. The maximum absolute atomic E-state index is 13.0. The van der Waals surface area contributed by atoms with Crippen LogP contribution in [0.5, 0.6) is 5.75 Å². The molecule has 0 saturated carbocycles. The van der Waals surface area contributed by atoms with Gasteiger partial charge in [0.05, 0.1) is 7.11 Å². The molecule has 0 saturated heterocycles. The van der Waals surface area contributed by atoms with E-state index in [1.165, 1.54) is 19.2 Å². The third kappa shape index (κ3) is 3.18. The van der Waals surface area contributed by atoms with Gasteiger partial charge >= 0.3 is 0 Å². The van der Waals surface area contributed by atoms with Gasteiger partial charge in [-0.25, -0.2) is 4.39 Å². The summed E-state index contributed by atoms with van der Waals surface area (Å²) in [6, 6.07) is 3.97. The van der Waals surface area contributed by atoms with Crippen molar-refractivity contribution in [2.45, 2.75) is 18.9 Å². The summed E-state index contributed by atoms with van der Waals surface area (Å²) in [5.74, 6) is 0.257. The highest BCUT2D eigenvalue weighted by Crippen LogP contribution is 2.26. The van der Waals surface area contributed by atoms with Crippen LogP contribution >= 0.6 is 0 Å². The smallest absolute Gasteiger partial charge is 0.123 e. The Morgan fingerprint density at radius 3 is 2.87 bits per heavy atom. The fourth-order valence-electron chi connectivity index (χ4n) is 1.46. The zero-order valence-electron chi connectivity index (χ0n) is 8.74. The third-order valence-corrected chi connectivity index (χ3v) is 2.26. The number of methoxy groups -OCH3 is 1. The van der Waals surface area contributed by atoms with Gasteiger partial charge in [-0.1, -0.05) is 0 Å². The van der Waals surface area contributed by atoms with Gasteiger partial charge in [-0.3, -0.25) is 0 Å². The van der Waals surface area contributed by atoms with Crippen molar-refractivity contribution in [3.8, 4) is 5.75 Å². The second kappa shape index (κ2) is 5.68. The first kappa shape index (κ1) is 11.9. The largest absolute Gasteiger partial charge is 0.496 e. The Hall–Kier alpha value is -1.13. The Morgan fingerprint density at radius 1 is 1.53 bits per heavy atom. The van der Waals surface area contributed by atoms with Gasteiger partial charge in [0.1, 0.15) is 11.6 Å². The Bertz CT molecular complexity index is 317. The minimum atomic E-state index is -0.328. The summed E-state index contributed by atoms with van der Waals surface area (Å²) in [6.45, 7) is 0.0886.